The highest BCUT2D eigenvalue weighted by Crippen LogP contribution is 2.48. The molecule has 0 atom stereocenters. The molecule has 47 heavy (non-hydrogen) atoms. The first-order chi connectivity index (χ1) is 23.0. The number of aromatic nitrogens is 2. The number of halogens is 2. The fourth-order valence-corrected chi connectivity index (χ4v) is 12.5. The van der Waals surface area contributed by atoms with Crippen LogP contribution in [0.15, 0.2) is 41.4 Å². The Balaban J connectivity index is 1.47. The Morgan fingerprint density at radius 1 is 0.574 bits per heavy atom. The maximum atomic E-state index is 14.5. The lowest BCUT2D eigenvalue weighted by Gasteiger charge is -2.19. The number of pyridine rings is 2. The molecule has 0 bridgehead atoms. The predicted molar refractivity (Wildman–Crippen MR) is 214 cm³/mol. The van der Waals surface area contributed by atoms with E-state index < -0.39 is 0 Å². The van der Waals surface area contributed by atoms with E-state index in [0.717, 1.165) is 76.9 Å². The SMILES string of the molecule is CCCCCCCCc1c(CCCCCCCC)c2c3c(sc4c(=O)n5c(cc6scc(Br)c65)c1c43)c(=O)n1c2cc2scc(Br)c21. The molecule has 0 fully saturated rings. The van der Waals surface area contributed by atoms with E-state index >= 15 is 0 Å². The molecular formula is C38H38Br2N2O2S3. The van der Waals surface area contributed by atoms with Crippen molar-refractivity contribution in [1.82, 2.24) is 8.80 Å². The van der Waals surface area contributed by atoms with Gasteiger partial charge in [0.25, 0.3) is 11.1 Å². The molecular weight excluding hydrogens is 772 g/mol. The minimum absolute atomic E-state index is 0.00997. The Morgan fingerprint density at radius 2 is 0.979 bits per heavy atom. The molecule has 8 aromatic rings. The zero-order chi connectivity index (χ0) is 32.4. The van der Waals surface area contributed by atoms with E-state index in [1.54, 1.807) is 22.7 Å². The fourth-order valence-electron chi connectivity index (χ4n) is 8.03. The Bertz CT molecular complexity index is 2360. The number of fused-ring (bicyclic) bond motifs is 8. The number of hydrogen-bond donors (Lipinski definition) is 0. The van der Waals surface area contributed by atoms with Crippen molar-refractivity contribution in [3.8, 4) is 0 Å². The van der Waals surface area contributed by atoms with Crippen LogP contribution in [0.3, 0.4) is 0 Å². The normalized spacial score (nSPS) is 12.8. The third-order valence-electron chi connectivity index (χ3n) is 10.2. The van der Waals surface area contributed by atoms with Crippen LogP contribution in [0.25, 0.3) is 62.4 Å². The molecule has 7 heterocycles. The first-order valence-corrected chi connectivity index (χ1v) is 21.4. The monoisotopic (exact) mass is 808 g/mol. The summed E-state index contributed by atoms with van der Waals surface area (Å²) in [6, 6.07) is 4.47. The van der Waals surface area contributed by atoms with Crippen LogP contribution < -0.4 is 11.1 Å². The molecule has 7 aromatic heterocycles. The van der Waals surface area contributed by atoms with Gasteiger partial charge in [0, 0.05) is 32.3 Å². The highest BCUT2D eigenvalue weighted by atomic mass is 79.9. The number of unbranched alkanes of at least 4 members (excludes halogenated alkanes) is 10. The van der Waals surface area contributed by atoms with Gasteiger partial charge in [-0.1, -0.05) is 78.1 Å². The van der Waals surface area contributed by atoms with E-state index in [0.29, 0.717) is 9.40 Å². The van der Waals surface area contributed by atoms with Gasteiger partial charge in [0.15, 0.2) is 0 Å². The minimum Gasteiger partial charge on any atom is -0.273 e. The van der Waals surface area contributed by atoms with Crippen molar-refractivity contribution in [2.75, 3.05) is 0 Å². The fraction of sp³-hybridized carbons (Fsp3) is 0.421. The van der Waals surface area contributed by atoms with Crippen molar-refractivity contribution in [3.63, 3.8) is 0 Å². The van der Waals surface area contributed by atoms with Crippen LogP contribution in [0.2, 0.25) is 0 Å². The largest absolute Gasteiger partial charge is 0.273 e. The van der Waals surface area contributed by atoms with E-state index in [-0.39, 0.29) is 11.1 Å². The van der Waals surface area contributed by atoms with Crippen molar-refractivity contribution in [3.05, 3.63) is 63.7 Å². The number of nitrogens with zero attached hydrogens (tertiary/aromatic N) is 2. The lowest BCUT2D eigenvalue weighted by atomic mass is 9.86. The highest BCUT2D eigenvalue weighted by Gasteiger charge is 2.29. The molecule has 244 valence electrons. The molecule has 9 heteroatoms. The minimum atomic E-state index is -0.00997. The van der Waals surface area contributed by atoms with Gasteiger partial charge in [-0.3, -0.25) is 18.4 Å². The number of benzene rings is 1. The molecule has 0 spiro atoms. The number of hydrogen-bond acceptors (Lipinski definition) is 5. The van der Waals surface area contributed by atoms with Gasteiger partial charge in [-0.25, -0.2) is 0 Å². The highest BCUT2D eigenvalue weighted by molar-refractivity contribution is 9.11. The lowest BCUT2D eigenvalue weighted by molar-refractivity contribution is 0.600. The average molecular weight is 811 g/mol. The summed E-state index contributed by atoms with van der Waals surface area (Å²) in [7, 11) is 0. The molecule has 0 amide bonds. The van der Waals surface area contributed by atoms with Gasteiger partial charge < -0.3 is 0 Å². The molecule has 0 radical (unpaired) electrons. The van der Waals surface area contributed by atoms with Crippen LogP contribution in [0.1, 0.15) is 102 Å². The second-order valence-corrected chi connectivity index (χ2v) is 17.7. The zero-order valence-corrected chi connectivity index (χ0v) is 32.5. The zero-order valence-electron chi connectivity index (χ0n) is 26.9. The van der Waals surface area contributed by atoms with Gasteiger partial charge in [-0.15, -0.1) is 34.0 Å². The van der Waals surface area contributed by atoms with Crippen molar-refractivity contribution < 1.29 is 0 Å². The lowest BCUT2D eigenvalue weighted by Crippen LogP contribution is -2.14. The van der Waals surface area contributed by atoms with E-state index in [4.69, 9.17) is 0 Å². The number of thiophene rings is 3. The van der Waals surface area contributed by atoms with Crippen molar-refractivity contribution in [2.45, 2.75) is 104 Å². The maximum absolute atomic E-state index is 14.5. The molecule has 0 unspecified atom stereocenters. The molecule has 4 nitrogen and oxygen atoms in total. The Morgan fingerprint density at radius 3 is 1.40 bits per heavy atom. The van der Waals surface area contributed by atoms with E-state index in [1.165, 1.54) is 97.4 Å². The Labute approximate surface area is 302 Å². The molecule has 0 aliphatic rings. The van der Waals surface area contributed by atoms with Crippen molar-refractivity contribution in [1.29, 1.82) is 0 Å². The van der Waals surface area contributed by atoms with E-state index in [9.17, 15) is 9.59 Å². The molecule has 0 saturated heterocycles. The molecule has 0 aliphatic carbocycles. The third-order valence-corrected chi connectivity index (χ3v) is 15.0. The van der Waals surface area contributed by atoms with E-state index in [1.807, 2.05) is 8.80 Å². The molecule has 1 aromatic carbocycles. The summed E-state index contributed by atoms with van der Waals surface area (Å²) in [6.07, 6.45) is 16.9. The summed E-state index contributed by atoms with van der Waals surface area (Å²) in [5.41, 5.74) is 6.70. The topological polar surface area (TPSA) is 43.0 Å². The molecule has 8 rings (SSSR count). The van der Waals surface area contributed by atoms with Gasteiger partial charge in [0.2, 0.25) is 0 Å². The van der Waals surface area contributed by atoms with Crippen LogP contribution >= 0.6 is 65.9 Å². The molecule has 0 N–H and O–H groups in total. The van der Waals surface area contributed by atoms with Gasteiger partial charge >= 0.3 is 0 Å². The number of rotatable bonds is 14. The quantitative estimate of drug-likeness (QED) is 0.0811. The van der Waals surface area contributed by atoms with Crippen LogP contribution in [-0.4, -0.2) is 8.80 Å². The Hall–Kier alpha value is -2.04. The number of aryl methyl sites for hydroxylation is 2. The molecule has 0 aliphatic heterocycles. The summed E-state index contributed by atoms with van der Waals surface area (Å²) in [6.45, 7) is 4.55. The van der Waals surface area contributed by atoms with Crippen LogP contribution in [0.5, 0.6) is 0 Å². The standard InChI is InChI=1S/C38H38Br2N2O2S3/c1-3-5-7-9-11-13-15-21-22(16-14-12-10-8-6-4-2)30-26-18-28-34(24(40)20-46-28)42(26)38(44)36-32(30)31-29(21)25-17-27-33(23(39)19-45-27)41(25)37(43)35(31)47-36/h17-20H,3-16H2,1-2H3. The summed E-state index contributed by atoms with van der Waals surface area (Å²) >= 11 is 12.3. The van der Waals surface area contributed by atoms with Crippen LogP contribution in [0.4, 0.5) is 0 Å². The van der Waals surface area contributed by atoms with Gasteiger partial charge in [0.05, 0.1) is 40.4 Å². The van der Waals surface area contributed by atoms with Crippen LogP contribution in [-0.2, 0) is 12.8 Å². The van der Waals surface area contributed by atoms with Crippen molar-refractivity contribution >= 4 is 128 Å². The Kier molecular flexibility index (Phi) is 8.91. The summed E-state index contributed by atoms with van der Waals surface area (Å²) in [5, 5.41) is 8.62. The second kappa shape index (κ2) is 13.0. The first-order valence-electron chi connectivity index (χ1n) is 17.3. The maximum Gasteiger partial charge on any atom is 0.273 e. The molecule has 0 saturated carbocycles. The van der Waals surface area contributed by atoms with E-state index in [2.05, 4.69) is 68.6 Å². The second-order valence-electron chi connectivity index (χ2n) is 13.2. The van der Waals surface area contributed by atoms with Gasteiger partial charge in [-0.05, 0) is 80.8 Å². The first kappa shape index (κ1) is 32.2. The van der Waals surface area contributed by atoms with Gasteiger partial charge in [-0.2, -0.15) is 0 Å². The van der Waals surface area contributed by atoms with Gasteiger partial charge in [0.1, 0.15) is 9.40 Å². The average Bonchev–Trinajstić information content (AvgIpc) is 3.87. The smallest absolute Gasteiger partial charge is 0.273 e. The summed E-state index contributed by atoms with van der Waals surface area (Å²) < 4.78 is 9.47. The predicted octanol–water partition coefficient (Wildman–Crippen LogP) is 13.1. The summed E-state index contributed by atoms with van der Waals surface area (Å²) in [5.74, 6) is 0. The van der Waals surface area contributed by atoms with Crippen LogP contribution in [0, 0.1) is 0 Å². The summed E-state index contributed by atoms with van der Waals surface area (Å²) in [4.78, 5) is 29.0. The third kappa shape index (κ3) is 5.04. The van der Waals surface area contributed by atoms with Crippen molar-refractivity contribution in [2.24, 2.45) is 0 Å².